The maximum atomic E-state index is 13.0. The molecule has 1 saturated heterocycles. The minimum Gasteiger partial charge on any atom is -0.292 e. The molecule has 0 radical (unpaired) electrons. The van der Waals surface area contributed by atoms with E-state index >= 15 is 0 Å². The molecule has 28 heavy (non-hydrogen) atoms. The average Bonchev–Trinajstić information content (AvgIpc) is 3.00. The second-order valence-electron chi connectivity index (χ2n) is 6.02. The van der Waals surface area contributed by atoms with Gasteiger partial charge in [0.2, 0.25) is 11.8 Å². The first-order chi connectivity index (χ1) is 13.3. The molecule has 3 rings (SSSR count). The molecule has 144 valence electrons. The van der Waals surface area contributed by atoms with E-state index in [0.717, 1.165) is 10.0 Å². The van der Waals surface area contributed by atoms with Gasteiger partial charge in [0.25, 0.3) is 5.91 Å². The number of ketones is 1. The predicted molar refractivity (Wildman–Crippen MR) is 104 cm³/mol. The maximum absolute atomic E-state index is 13.0. The van der Waals surface area contributed by atoms with Crippen LogP contribution in [0.4, 0.5) is 0 Å². The van der Waals surface area contributed by atoms with Crippen molar-refractivity contribution in [3.05, 3.63) is 68.7 Å². The third kappa shape index (κ3) is 4.19. The van der Waals surface area contributed by atoms with Crippen molar-refractivity contribution in [2.45, 2.75) is 12.8 Å². The Morgan fingerprint density at radius 1 is 0.857 bits per heavy atom. The minimum atomic E-state index is -0.718. The monoisotopic (exact) mass is 438 g/mol. The van der Waals surface area contributed by atoms with Crippen molar-refractivity contribution in [2.24, 2.45) is 0 Å². The molecular formula is C19H13Cl3N2O4. The Kier molecular flexibility index (Phi) is 6.03. The topological polar surface area (TPSA) is 74.8 Å². The Labute approximate surface area is 175 Å². The molecule has 0 atom stereocenters. The molecule has 6 nitrogen and oxygen atoms in total. The van der Waals surface area contributed by atoms with E-state index in [1.54, 1.807) is 0 Å². The molecule has 0 unspecified atom stereocenters. The molecule has 3 amide bonds. The lowest BCUT2D eigenvalue weighted by molar-refractivity contribution is -0.152. The minimum absolute atomic E-state index is 0.0286. The number of imide groups is 1. The lowest BCUT2D eigenvalue weighted by Gasteiger charge is -2.29. The number of hydrogen-bond acceptors (Lipinski definition) is 4. The molecule has 0 aromatic heterocycles. The zero-order valence-corrected chi connectivity index (χ0v) is 16.6. The van der Waals surface area contributed by atoms with E-state index in [0.29, 0.717) is 5.02 Å². The first-order valence-electron chi connectivity index (χ1n) is 8.19. The van der Waals surface area contributed by atoms with Crippen molar-refractivity contribution >= 4 is 58.3 Å². The smallest absolute Gasteiger partial charge is 0.273 e. The molecule has 0 spiro atoms. The molecule has 0 saturated carbocycles. The molecule has 0 N–H and O–H groups in total. The highest BCUT2D eigenvalue weighted by Crippen LogP contribution is 2.25. The third-order valence-corrected chi connectivity index (χ3v) is 5.12. The number of carbonyl (C=O) groups is 4. The highest BCUT2D eigenvalue weighted by atomic mass is 35.5. The summed E-state index contributed by atoms with van der Waals surface area (Å²) in [7, 11) is 0. The van der Waals surface area contributed by atoms with Crippen LogP contribution in [0.25, 0.3) is 0 Å². The predicted octanol–water partition coefficient (Wildman–Crippen LogP) is 4.04. The molecule has 1 fully saturated rings. The quantitative estimate of drug-likeness (QED) is 0.520. The van der Waals surface area contributed by atoms with E-state index in [9.17, 15) is 19.2 Å². The van der Waals surface area contributed by atoms with Crippen LogP contribution in [0.2, 0.25) is 15.1 Å². The summed E-state index contributed by atoms with van der Waals surface area (Å²) in [6.45, 7) is -0.502. The van der Waals surface area contributed by atoms with E-state index in [4.69, 9.17) is 34.8 Å². The summed E-state index contributed by atoms with van der Waals surface area (Å²) >= 11 is 17.7. The summed E-state index contributed by atoms with van der Waals surface area (Å²) < 4.78 is 0. The van der Waals surface area contributed by atoms with Crippen molar-refractivity contribution in [3.8, 4) is 0 Å². The van der Waals surface area contributed by atoms with Crippen LogP contribution >= 0.6 is 34.8 Å². The Morgan fingerprint density at radius 2 is 1.43 bits per heavy atom. The summed E-state index contributed by atoms with van der Waals surface area (Å²) in [5.74, 6) is -2.29. The van der Waals surface area contributed by atoms with Gasteiger partial charge >= 0.3 is 0 Å². The molecular weight excluding hydrogens is 427 g/mol. The SMILES string of the molecule is O=C(CN(C(=O)c1ccc(Cl)c(Cl)c1)N1C(=O)CCC1=O)c1ccc(Cl)cc1. The van der Waals surface area contributed by atoms with Gasteiger partial charge in [-0.3, -0.25) is 19.2 Å². The zero-order valence-electron chi connectivity index (χ0n) is 14.3. The number of hydrazine groups is 1. The summed E-state index contributed by atoms with van der Waals surface area (Å²) in [5.41, 5.74) is 0.376. The van der Waals surface area contributed by atoms with Crippen molar-refractivity contribution in [1.82, 2.24) is 10.0 Å². The van der Waals surface area contributed by atoms with E-state index in [1.165, 1.54) is 42.5 Å². The number of rotatable bonds is 5. The zero-order chi connectivity index (χ0) is 20.4. The first kappa shape index (κ1) is 20.3. The van der Waals surface area contributed by atoms with Gasteiger partial charge in [-0.25, -0.2) is 5.01 Å². The van der Waals surface area contributed by atoms with Crippen molar-refractivity contribution in [1.29, 1.82) is 0 Å². The Hall–Kier alpha value is -2.41. The van der Waals surface area contributed by atoms with E-state index in [2.05, 4.69) is 0 Å². The van der Waals surface area contributed by atoms with E-state index in [1.807, 2.05) is 0 Å². The molecule has 9 heteroatoms. The second kappa shape index (κ2) is 8.31. The van der Waals surface area contributed by atoms with Gasteiger partial charge in [-0.15, -0.1) is 0 Å². The number of amides is 3. The van der Waals surface area contributed by atoms with Gasteiger partial charge in [0, 0.05) is 29.0 Å². The highest BCUT2D eigenvalue weighted by molar-refractivity contribution is 6.42. The lowest BCUT2D eigenvalue weighted by atomic mass is 10.1. The fourth-order valence-corrected chi connectivity index (χ4v) is 3.13. The number of Topliss-reactive ketones (excluding diaryl/α,β-unsaturated/α-hetero) is 1. The van der Waals surface area contributed by atoms with Crippen LogP contribution in [-0.2, 0) is 9.59 Å². The number of halogens is 3. The molecule has 1 aliphatic rings. The third-order valence-electron chi connectivity index (χ3n) is 4.13. The van der Waals surface area contributed by atoms with Crippen molar-refractivity contribution in [3.63, 3.8) is 0 Å². The van der Waals surface area contributed by atoms with Gasteiger partial charge in [0.1, 0.15) is 6.54 Å². The Morgan fingerprint density at radius 3 is 2.00 bits per heavy atom. The van der Waals surface area contributed by atoms with E-state index < -0.39 is 30.0 Å². The molecule has 2 aromatic rings. The van der Waals surface area contributed by atoms with Crippen LogP contribution in [0.5, 0.6) is 0 Å². The highest BCUT2D eigenvalue weighted by Gasteiger charge is 2.38. The average molecular weight is 440 g/mol. The second-order valence-corrected chi connectivity index (χ2v) is 7.27. The van der Waals surface area contributed by atoms with Crippen LogP contribution in [-0.4, -0.2) is 40.1 Å². The molecule has 1 heterocycles. The summed E-state index contributed by atoms with van der Waals surface area (Å²) in [5, 5.41) is 2.39. The van der Waals surface area contributed by atoms with Crippen molar-refractivity contribution in [2.75, 3.05) is 6.54 Å². The van der Waals surface area contributed by atoms with Crippen LogP contribution in [0.1, 0.15) is 33.6 Å². The Bertz CT molecular complexity index is 960. The molecule has 0 bridgehead atoms. The van der Waals surface area contributed by atoms with Crippen LogP contribution in [0, 0.1) is 0 Å². The normalized spacial score (nSPS) is 13.8. The summed E-state index contributed by atoms with van der Waals surface area (Å²) in [6.07, 6.45) is -0.0573. The standard InChI is InChI=1S/C19H13Cl3N2O4/c20-13-4-1-11(2-5-13)16(25)10-23(24-17(26)7-8-18(24)27)19(28)12-3-6-14(21)15(22)9-12/h1-6,9H,7-8,10H2. The fourth-order valence-electron chi connectivity index (χ4n) is 2.71. The lowest BCUT2D eigenvalue weighted by Crippen LogP contribution is -2.51. The Balaban J connectivity index is 1.94. The van der Waals surface area contributed by atoms with Crippen molar-refractivity contribution < 1.29 is 19.2 Å². The van der Waals surface area contributed by atoms with Gasteiger partial charge < -0.3 is 0 Å². The number of carbonyl (C=O) groups excluding carboxylic acids is 4. The molecule has 0 aliphatic carbocycles. The van der Waals surface area contributed by atoms with Crippen LogP contribution < -0.4 is 0 Å². The largest absolute Gasteiger partial charge is 0.292 e. The van der Waals surface area contributed by atoms with Crippen LogP contribution in [0.3, 0.4) is 0 Å². The fraction of sp³-hybridized carbons (Fsp3) is 0.158. The summed E-state index contributed by atoms with van der Waals surface area (Å²) in [4.78, 5) is 50.0. The van der Waals surface area contributed by atoms with Gasteiger partial charge in [-0.2, -0.15) is 5.01 Å². The van der Waals surface area contributed by atoms with Gasteiger partial charge in [-0.1, -0.05) is 34.8 Å². The number of nitrogens with zero attached hydrogens (tertiary/aromatic N) is 2. The number of hydrogen-bond donors (Lipinski definition) is 0. The van der Waals surface area contributed by atoms with E-state index in [-0.39, 0.29) is 34.0 Å². The molecule has 1 aliphatic heterocycles. The first-order valence-corrected chi connectivity index (χ1v) is 9.32. The maximum Gasteiger partial charge on any atom is 0.273 e. The molecule has 2 aromatic carbocycles. The van der Waals surface area contributed by atoms with Gasteiger partial charge in [0.15, 0.2) is 5.78 Å². The van der Waals surface area contributed by atoms with Gasteiger partial charge in [-0.05, 0) is 42.5 Å². The van der Waals surface area contributed by atoms with Crippen LogP contribution in [0.15, 0.2) is 42.5 Å². The van der Waals surface area contributed by atoms with Gasteiger partial charge in [0.05, 0.1) is 10.0 Å². The summed E-state index contributed by atoms with van der Waals surface area (Å²) in [6, 6.07) is 10.2. The number of benzene rings is 2.